The van der Waals surface area contributed by atoms with E-state index in [1.165, 1.54) is 24.4 Å². The van der Waals surface area contributed by atoms with E-state index in [1.54, 1.807) is 0 Å². The van der Waals surface area contributed by atoms with Gasteiger partial charge >= 0.3 is 5.97 Å². The molecule has 1 amide bonds. The van der Waals surface area contributed by atoms with Crippen LogP contribution in [0, 0.1) is 0 Å². The molecule has 0 saturated heterocycles. The first-order chi connectivity index (χ1) is 12.1. The van der Waals surface area contributed by atoms with Crippen LogP contribution < -0.4 is 10.3 Å². The van der Waals surface area contributed by atoms with E-state index in [9.17, 15) is 22.8 Å². The van der Waals surface area contributed by atoms with Gasteiger partial charge in [-0.15, -0.1) is 0 Å². The van der Waals surface area contributed by atoms with Crippen LogP contribution in [0.25, 0.3) is 0 Å². The van der Waals surface area contributed by atoms with Gasteiger partial charge < -0.3 is 9.30 Å². The van der Waals surface area contributed by atoms with E-state index in [1.807, 2.05) is 4.72 Å². The lowest BCUT2D eigenvalue weighted by molar-refractivity contribution is -0.119. The Morgan fingerprint density at radius 1 is 1.27 bits per heavy atom. The van der Waals surface area contributed by atoms with Crippen LogP contribution in [0.4, 0.5) is 0 Å². The maximum atomic E-state index is 12.3. The molecule has 2 aromatic rings. The number of esters is 1. The first-order valence-corrected chi connectivity index (χ1v) is 9.59. The summed E-state index contributed by atoms with van der Waals surface area (Å²) in [4.78, 5) is 34.8. The van der Waals surface area contributed by atoms with Crippen LogP contribution in [-0.2, 0) is 26.1 Å². The zero-order chi connectivity index (χ0) is 19.5. The van der Waals surface area contributed by atoms with Gasteiger partial charge in [-0.1, -0.05) is 11.6 Å². The number of pyridine rings is 1. The number of ether oxygens (including phenoxy) is 1. The molecule has 0 atom stereocenters. The number of nitrogens with zero attached hydrogens (tertiary/aromatic N) is 1. The van der Waals surface area contributed by atoms with E-state index in [-0.39, 0.29) is 15.5 Å². The highest BCUT2D eigenvalue weighted by Gasteiger charge is 2.21. The summed E-state index contributed by atoms with van der Waals surface area (Å²) in [5.74, 6) is -1.64. The number of benzene rings is 1. The SMILES string of the molecule is COC(=O)c1ccc(S(=O)(=O)NC(=O)Cn2cc(Br)ccc2=O)cc1Cl. The van der Waals surface area contributed by atoms with Gasteiger partial charge in [0, 0.05) is 16.7 Å². The van der Waals surface area contributed by atoms with Gasteiger partial charge in [-0.3, -0.25) is 9.59 Å². The van der Waals surface area contributed by atoms with Crippen molar-refractivity contribution < 1.29 is 22.7 Å². The summed E-state index contributed by atoms with van der Waals surface area (Å²) in [6, 6.07) is 6.04. The van der Waals surface area contributed by atoms with Gasteiger partial charge in [0.15, 0.2) is 0 Å². The third-order valence-electron chi connectivity index (χ3n) is 3.17. The first-order valence-electron chi connectivity index (χ1n) is 6.93. The van der Waals surface area contributed by atoms with Gasteiger partial charge in [0.05, 0.1) is 22.6 Å². The molecular formula is C15H12BrClN2O6S. The minimum Gasteiger partial charge on any atom is -0.465 e. The highest BCUT2D eigenvalue weighted by atomic mass is 79.9. The van der Waals surface area contributed by atoms with Crippen LogP contribution in [0.15, 0.2) is 50.7 Å². The Morgan fingerprint density at radius 2 is 1.96 bits per heavy atom. The molecule has 1 aromatic carbocycles. The topological polar surface area (TPSA) is 112 Å². The minimum atomic E-state index is -4.24. The molecule has 0 saturated carbocycles. The molecule has 0 radical (unpaired) electrons. The van der Waals surface area contributed by atoms with Crippen molar-refractivity contribution in [1.29, 1.82) is 0 Å². The molecule has 8 nitrogen and oxygen atoms in total. The lowest BCUT2D eigenvalue weighted by atomic mass is 10.2. The summed E-state index contributed by atoms with van der Waals surface area (Å²) >= 11 is 9.04. The van der Waals surface area contributed by atoms with Crippen molar-refractivity contribution in [1.82, 2.24) is 9.29 Å². The number of carbonyl (C=O) groups excluding carboxylic acids is 2. The Bertz CT molecular complexity index is 1030. The van der Waals surface area contributed by atoms with Crippen molar-refractivity contribution in [3.63, 3.8) is 0 Å². The van der Waals surface area contributed by atoms with Gasteiger partial charge in [-0.25, -0.2) is 17.9 Å². The Morgan fingerprint density at radius 3 is 2.58 bits per heavy atom. The monoisotopic (exact) mass is 462 g/mol. The van der Waals surface area contributed by atoms with Crippen molar-refractivity contribution in [2.24, 2.45) is 0 Å². The smallest absolute Gasteiger partial charge is 0.339 e. The molecule has 0 aliphatic carbocycles. The predicted molar refractivity (Wildman–Crippen MR) is 96.5 cm³/mol. The molecule has 0 spiro atoms. The highest BCUT2D eigenvalue weighted by Crippen LogP contribution is 2.21. The maximum absolute atomic E-state index is 12.3. The fourth-order valence-electron chi connectivity index (χ4n) is 1.96. The normalized spacial score (nSPS) is 11.0. The molecule has 0 aliphatic heterocycles. The predicted octanol–water partition coefficient (Wildman–Crippen LogP) is 1.56. The molecule has 138 valence electrons. The fraction of sp³-hybridized carbons (Fsp3) is 0.133. The van der Waals surface area contributed by atoms with E-state index in [4.69, 9.17) is 11.6 Å². The van der Waals surface area contributed by atoms with Crippen molar-refractivity contribution in [3.05, 3.63) is 61.9 Å². The number of methoxy groups -OCH3 is 1. The van der Waals surface area contributed by atoms with E-state index < -0.39 is 34.0 Å². The molecule has 0 unspecified atom stereocenters. The van der Waals surface area contributed by atoms with E-state index in [0.29, 0.717) is 4.47 Å². The van der Waals surface area contributed by atoms with E-state index in [0.717, 1.165) is 23.8 Å². The van der Waals surface area contributed by atoms with Crippen molar-refractivity contribution >= 4 is 49.4 Å². The van der Waals surface area contributed by atoms with Gasteiger partial charge in [-0.2, -0.15) is 0 Å². The number of sulfonamides is 1. The highest BCUT2D eigenvalue weighted by molar-refractivity contribution is 9.10. The Kier molecular flexibility index (Phi) is 6.21. The Labute approximate surface area is 161 Å². The lowest BCUT2D eigenvalue weighted by Gasteiger charge is -2.10. The first kappa shape index (κ1) is 20.1. The second kappa shape index (κ2) is 8.02. The second-order valence-corrected chi connectivity index (χ2v) is 7.98. The van der Waals surface area contributed by atoms with Crippen LogP contribution in [0.2, 0.25) is 5.02 Å². The average Bonchev–Trinajstić information content (AvgIpc) is 2.56. The molecular weight excluding hydrogens is 452 g/mol. The zero-order valence-corrected chi connectivity index (χ0v) is 16.4. The number of aromatic nitrogens is 1. The molecule has 2 rings (SSSR count). The molecule has 0 bridgehead atoms. The van der Waals surface area contributed by atoms with Crippen LogP contribution in [0.3, 0.4) is 0 Å². The van der Waals surface area contributed by atoms with Gasteiger partial charge in [0.25, 0.3) is 21.5 Å². The van der Waals surface area contributed by atoms with Crippen LogP contribution in [-0.4, -0.2) is 32.0 Å². The van der Waals surface area contributed by atoms with Crippen molar-refractivity contribution in [3.8, 4) is 0 Å². The summed E-state index contributed by atoms with van der Waals surface area (Å²) in [5, 5.41) is -0.143. The molecule has 0 aliphatic rings. The van der Waals surface area contributed by atoms with Crippen molar-refractivity contribution in [2.45, 2.75) is 11.4 Å². The summed E-state index contributed by atoms with van der Waals surface area (Å²) in [6.45, 7) is -0.495. The third kappa shape index (κ3) is 4.71. The maximum Gasteiger partial charge on any atom is 0.339 e. The van der Waals surface area contributed by atoms with E-state index in [2.05, 4.69) is 20.7 Å². The standard InChI is InChI=1S/C15H12BrClN2O6S/c1-25-15(22)11-4-3-10(6-12(11)17)26(23,24)18-13(20)8-19-7-9(16)2-5-14(19)21/h2-7H,8H2,1H3,(H,18,20). The van der Waals surface area contributed by atoms with Crippen LogP contribution in [0.5, 0.6) is 0 Å². The quantitative estimate of drug-likeness (QED) is 0.674. The van der Waals surface area contributed by atoms with Crippen molar-refractivity contribution in [2.75, 3.05) is 7.11 Å². The van der Waals surface area contributed by atoms with Gasteiger partial charge in [0.1, 0.15) is 6.54 Å². The number of amides is 1. The summed E-state index contributed by atoms with van der Waals surface area (Å²) in [7, 11) is -3.08. The fourth-order valence-corrected chi connectivity index (χ4v) is 3.66. The summed E-state index contributed by atoms with van der Waals surface area (Å²) in [6.07, 6.45) is 1.36. The largest absolute Gasteiger partial charge is 0.465 e. The van der Waals surface area contributed by atoms with Gasteiger partial charge in [-0.05, 0) is 40.2 Å². The molecule has 1 N–H and O–H groups in total. The van der Waals surface area contributed by atoms with Crippen LogP contribution >= 0.6 is 27.5 Å². The number of hydrogen-bond acceptors (Lipinski definition) is 6. The Balaban J connectivity index is 2.21. The molecule has 1 aromatic heterocycles. The number of nitrogens with one attached hydrogen (secondary N) is 1. The second-order valence-electron chi connectivity index (χ2n) is 4.98. The van der Waals surface area contributed by atoms with Crippen LogP contribution in [0.1, 0.15) is 10.4 Å². The summed E-state index contributed by atoms with van der Waals surface area (Å²) in [5.41, 5.74) is -0.480. The molecule has 0 fully saturated rings. The number of hydrogen-bond donors (Lipinski definition) is 1. The average molecular weight is 464 g/mol. The molecule has 1 heterocycles. The zero-order valence-electron chi connectivity index (χ0n) is 13.2. The van der Waals surface area contributed by atoms with E-state index >= 15 is 0 Å². The van der Waals surface area contributed by atoms with Gasteiger partial charge in [0.2, 0.25) is 0 Å². The molecule has 26 heavy (non-hydrogen) atoms. The number of carbonyl (C=O) groups is 2. The lowest BCUT2D eigenvalue weighted by Crippen LogP contribution is -2.35. The molecule has 11 heteroatoms. The third-order valence-corrected chi connectivity index (χ3v) is 5.32. The number of rotatable bonds is 5. The number of halogens is 2. The minimum absolute atomic E-state index is 0.0138. The Hall–Kier alpha value is -2.17. The summed E-state index contributed by atoms with van der Waals surface area (Å²) < 4.78 is 32.5.